The van der Waals surface area contributed by atoms with Gasteiger partial charge >= 0.3 is 5.97 Å². The minimum atomic E-state index is -1.01. The molecule has 154 valence electrons. The molecule has 4 aromatic rings. The van der Waals surface area contributed by atoms with Gasteiger partial charge in [0, 0.05) is 32.3 Å². The summed E-state index contributed by atoms with van der Waals surface area (Å²) in [7, 11) is 0. The molecule has 0 saturated heterocycles. The molecule has 4 nitrogen and oxygen atoms in total. The highest BCUT2D eigenvalue weighted by molar-refractivity contribution is 7.21. The summed E-state index contributed by atoms with van der Waals surface area (Å²) >= 11 is 7.39. The lowest BCUT2D eigenvalue weighted by Crippen LogP contribution is -2.03. The maximum Gasteiger partial charge on any atom is 0.328 e. The van der Waals surface area contributed by atoms with Gasteiger partial charge in [-0.3, -0.25) is 4.79 Å². The van der Waals surface area contributed by atoms with Gasteiger partial charge in [-0.1, -0.05) is 35.9 Å². The number of carboxylic acid groups (broad SMARTS) is 1. The molecule has 0 fully saturated rings. The number of ketones is 1. The maximum atomic E-state index is 13.5. The Hall–Kier alpha value is -3.41. The van der Waals surface area contributed by atoms with E-state index in [0.29, 0.717) is 15.5 Å². The maximum absolute atomic E-state index is 13.5. The van der Waals surface area contributed by atoms with Gasteiger partial charge in [-0.2, -0.15) is 0 Å². The molecule has 0 aliphatic rings. The number of halogens is 1. The van der Waals surface area contributed by atoms with Crippen molar-refractivity contribution in [1.82, 2.24) is 0 Å². The first-order valence-electron chi connectivity index (χ1n) is 9.41. The van der Waals surface area contributed by atoms with Crippen LogP contribution in [0.5, 0.6) is 5.75 Å². The first-order valence-corrected chi connectivity index (χ1v) is 10.6. The van der Waals surface area contributed by atoms with E-state index in [1.807, 2.05) is 19.1 Å². The van der Waals surface area contributed by atoms with Crippen molar-refractivity contribution in [2.45, 2.75) is 6.92 Å². The molecule has 0 amide bonds. The quantitative estimate of drug-likeness (QED) is 0.267. The molecule has 0 atom stereocenters. The molecule has 6 heteroatoms. The Balaban J connectivity index is 1.88. The lowest BCUT2D eigenvalue weighted by Gasteiger charge is -2.08. The molecule has 0 radical (unpaired) electrons. The number of aromatic hydroxyl groups is 1. The fraction of sp³-hybridized carbons (Fsp3) is 0.0400. The van der Waals surface area contributed by atoms with Crippen LogP contribution in [0.1, 0.15) is 26.4 Å². The lowest BCUT2D eigenvalue weighted by molar-refractivity contribution is -0.131. The fourth-order valence-corrected chi connectivity index (χ4v) is 4.90. The van der Waals surface area contributed by atoms with E-state index in [2.05, 4.69) is 0 Å². The van der Waals surface area contributed by atoms with Gasteiger partial charge in [0.05, 0.1) is 4.88 Å². The van der Waals surface area contributed by atoms with E-state index in [4.69, 9.17) is 16.7 Å². The molecule has 0 saturated carbocycles. The third-order valence-corrected chi connectivity index (χ3v) is 6.32. The highest BCUT2D eigenvalue weighted by Gasteiger charge is 2.22. The SMILES string of the molecule is Cc1cc(Cl)ccc1C(=O)c1sc2cc(O)ccc2c1-c1ccc(/C=C/C(=O)O)cc1. The summed E-state index contributed by atoms with van der Waals surface area (Å²) in [6.07, 6.45) is 2.59. The predicted octanol–water partition coefficient (Wildman–Crippen LogP) is 6.56. The number of rotatable bonds is 5. The third-order valence-electron chi connectivity index (χ3n) is 4.93. The van der Waals surface area contributed by atoms with Crippen LogP contribution in [0.3, 0.4) is 0 Å². The summed E-state index contributed by atoms with van der Waals surface area (Å²) in [5.74, 6) is -0.991. The summed E-state index contributed by atoms with van der Waals surface area (Å²) in [6, 6.07) is 17.6. The number of hydrogen-bond donors (Lipinski definition) is 2. The number of fused-ring (bicyclic) bond motifs is 1. The Morgan fingerprint density at radius 2 is 1.74 bits per heavy atom. The van der Waals surface area contributed by atoms with Crippen LogP contribution >= 0.6 is 22.9 Å². The van der Waals surface area contributed by atoms with Crippen LogP contribution in [0.15, 0.2) is 66.7 Å². The van der Waals surface area contributed by atoms with Crippen LogP contribution < -0.4 is 0 Å². The molecule has 0 bridgehead atoms. The summed E-state index contributed by atoms with van der Waals surface area (Å²) in [5, 5.41) is 20.2. The van der Waals surface area contributed by atoms with Gasteiger partial charge in [0.2, 0.25) is 5.78 Å². The number of carboxylic acids is 1. The van der Waals surface area contributed by atoms with Crippen LogP contribution in [0.4, 0.5) is 0 Å². The van der Waals surface area contributed by atoms with Crippen molar-refractivity contribution < 1.29 is 19.8 Å². The van der Waals surface area contributed by atoms with E-state index in [0.717, 1.165) is 38.4 Å². The topological polar surface area (TPSA) is 74.6 Å². The monoisotopic (exact) mass is 448 g/mol. The summed E-state index contributed by atoms with van der Waals surface area (Å²) in [5.41, 5.74) is 3.72. The first-order chi connectivity index (χ1) is 14.8. The average Bonchev–Trinajstić information content (AvgIpc) is 3.10. The van der Waals surface area contributed by atoms with E-state index in [1.165, 1.54) is 17.4 Å². The first kappa shape index (κ1) is 20.8. The van der Waals surface area contributed by atoms with Crippen molar-refractivity contribution in [2.24, 2.45) is 0 Å². The van der Waals surface area contributed by atoms with Gasteiger partial charge < -0.3 is 10.2 Å². The van der Waals surface area contributed by atoms with Crippen LogP contribution in [0, 0.1) is 6.92 Å². The average molecular weight is 449 g/mol. The molecular weight excluding hydrogens is 432 g/mol. The summed E-state index contributed by atoms with van der Waals surface area (Å²) in [6.45, 7) is 1.85. The van der Waals surface area contributed by atoms with E-state index in [-0.39, 0.29) is 11.5 Å². The zero-order chi connectivity index (χ0) is 22.1. The number of carbonyl (C=O) groups is 2. The minimum Gasteiger partial charge on any atom is -0.508 e. The predicted molar refractivity (Wildman–Crippen MR) is 125 cm³/mol. The largest absolute Gasteiger partial charge is 0.508 e. The van der Waals surface area contributed by atoms with E-state index >= 15 is 0 Å². The summed E-state index contributed by atoms with van der Waals surface area (Å²) < 4.78 is 0.805. The third kappa shape index (κ3) is 4.24. The lowest BCUT2D eigenvalue weighted by atomic mass is 9.96. The van der Waals surface area contributed by atoms with Gasteiger partial charge in [0.25, 0.3) is 0 Å². The second-order valence-corrected chi connectivity index (χ2v) is 8.56. The van der Waals surface area contributed by atoms with Crippen molar-refractivity contribution in [2.75, 3.05) is 0 Å². The Morgan fingerprint density at radius 3 is 2.42 bits per heavy atom. The van der Waals surface area contributed by atoms with Crippen molar-refractivity contribution in [1.29, 1.82) is 0 Å². The number of carbonyl (C=O) groups excluding carboxylic acids is 1. The van der Waals surface area contributed by atoms with Crippen molar-refractivity contribution in [3.05, 3.63) is 93.3 Å². The van der Waals surface area contributed by atoms with Crippen molar-refractivity contribution in [3.63, 3.8) is 0 Å². The van der Waals surface area contributed by atoms with E-state index in [1.54, 1.807) is 48.5 Å². The molecule has 0 aliphatic carbocycles. The van der Waals surface area contributed by atoms with Crippen LogP contribution in [-0.4, -0.2) is 22.0 Å². The second-order valence-electron chi connectivity index (χ2n) is 7.07. The molecule has 4 rings (SSSR count). The van der Waals surface area contributed by atoms with Crippen LogP contribution in [0.25, 0.3) is 27.3 Å². The highest BCUT2D eigenvalue weighted by atomic mass is 35.5. The van der Waals surface area contributed by atoms with Gasteiger partial charge in [0.15, 0.2) is 0 Å². The Kier molecular flexibility index (Phi) is 5.63. The summed E-state index contributed by atoms with van der Waals surface area (Å²) in [4.78, 5) is 24.8. The fourth-order valence-electron chi connectivity index (χ4n) is 3.46. The minimum absolute atomic E-state index is 0.111. The van der Waals surface area contributed by atoms with Gasteiger partial charge in [-0.25, -0.2) is 4.79 Å². The Morgan fingerprint density at radius 1 is 1.00 bits per heavy atom. The number of aliphatic carboxylic acids is 1. The normalized spacial score (nSPS) is 11.3. The van der Waals surface area contributed by atoms with Crippen molar-refractivity contribution in [3.8, 4) is 16.9 Å². The molecule has 3 aromatic carbocycles. The standard InChI is InChI=1S/C25H17ClO4S/c1-14-12-17(26)7-9-19(14)24(30)25-23(20-10-8-18(27)13-21(20)31-25)16-5-2-15(3-6-16)4-11-22(28)29/h2-13,27H,1H3,(H,28,29)/b11-4+. The molecule has 1 heterocycles. The number of thiophene rings is 1. The second kappa shape index (κ2) is 8.38. The zero-order valence-electron chi connectivity index (χ0n) is 16.4. The number of aryl methyl sites for hydroxylation is 1. The van der Waals surface area contributed by atoms with Crippen molar-refractivity contribution >= 4 is 50.9 Å². The van der Waals surface area contributed by atoms with Crippen LogP contribution in [-0.2, 0) is 4.79 Å². The highest BCUT2D eigenvalue weighted by Crippen LogP contribution is 2.41. The Labute approximate surface area is 187 Å². The molecule has 2 N–H and O–H groups in total. The van der Waals surface area contributed by atoms with Gasteiger partial charge in [-0.15, -0.1) is 11.3 Å². The number of hydrogen-bond acceptors (Lipinski definition) is 4. The van der Waals surface area contributed by atoms with Gasteiger partial charge in [-0.05, 0) is 66.1 Å². The van der Waals surface area contributed by atoms with Gasteiger partial charge in [0.1, 0.15) is 5.75 Å². The van der Waals surface area contributed by atoms with E-state index < -0.39 is 5.97 Å². The molecule has 1 aromatic heterocycles. The Bertz CT molecular complexity index is 1350. The van der Waals surface area contributed by atoms with Crippen LogP contribution in [0.2, 0.25) is 5.02 Å². The molecule has 0 spiro atoms. The van der Waals surface area contributed by atoms with E-state index in [9.17, 15) is 14.7 Å². The molecule has 0 aliphatic heterocycles. The molecular formula is C25H17ClO4S. The molecule has 31 heavy (non-hydrogen) atoms. The number of benzene rings is 3. The number of phenols is 1. The zero-order valence-corrected chi connectivity index (χ0v) is 18.0. The smallest absolute Gasteiger partial charge is 0.328 e. The number of phenolic OH excluding ortho intramolecular Hbond substituents is 1. The molecule has 0 unspecified atom stereocenters.